The number of H-pyrrole nitrogens is 1. The van der Waals surface area contributed by atoms with Crippen LogP contribution < -0.4 is 0 Å². The maximum atomic E-state index is 12.2. The summed E-state index contributed by atoms with van der Waals surface area (Å²) in [7, 11) is 1.78. The molecule has 24 heavy (non-hydrogen) atoms. The smallest absolute Gasteiger partial charge is 0.233 e. The van der Waals surface area contributed by atoms with E-state index in [1.807, 2.05) is 42.5 Å². The average Bonchev–Trinajstić information content (AvgIpc) is 3.22. The van der Waals surface area contributed by atoms with E-state index < -0.39 is 0 Å². The minimum absolute atomic E-state index is 0.0237. The zero-order valence-electron chi connectivity index (χ0n) is 12.9. The van der Waals surface area contributed by atoms with Crippen molar-refractivity contribution in [3.05, 3.63) is 51.7 Å². The Hall–Kier alpha value is -1.83. The molecule has 0 spiro atoms. The zero-order valence-corrected chi connectivity index (χ0v) is 15.3. The summed E-state index contributed by atoms with van der Waals surface area (Å²) in [6.07, 6.45) is 0. The van der Waals surface area contributed by atoms with E-state index in [1.54, 1.807) is 11.9 Å². The number of nitrogens with one attached hydrogen (secondary N) is 1. The number of carbonyl (C=O) groups excluding carboxylic acids is 1. The van der Waals surface area contributed by atoms with Gasteiger partial charge in [0.15, 0.2) is 5.82 Å². The van der Waals surface area contributed by atoms with Crippen molar-refractivity contribution in [2.24, 2.45) is 0 Å². The third kappa shape index (κ3) is 4.37. The molecule has 0 radical (unpaired) electrons. The number of amides is 1. The molecule has 0 aliphatic heterocycles. The fourth-order valence-electron chi connectivity index (χ4n) is 2.03. The first-order valence-corrected chi connectivity index (χ1v) is 9.38. The van der Waals surface area contributed by atoms with Gasteiger partial charge in [0, 0.05) is 17.5 Å². The van der Waals surface area contributed by atoms with Crippen LogP contribution in [0.2, 0.25) is 4.34 Å². The maximum absolute atomic E-state index is 12.2. The zero-order chi connectivity index (χ0) is 16.9. The lowest BCUT2D eigenvalue weighted by atomic mass is 10.2. The van der Waals surface area contributed by atoms with Crippen LogP contribution in [0.15, 0.2) is 47.6 Å². The molecular weight excluding hydrogens is 364 g/mol. The van der Waals surface area contributed by atoms with Crippen molar-refractivity contribution in [1.82, 2.24) is 20.1 Å². The van der Waals surface area contributed by atoms with Crippen LogP contribution in [0.3, 0.4) is 0 Å². The first-order valence-electron chi connectivity index (χ1n) is 7.20. The number of carbonyl (C=O) groups is 1. The summed E-state index contributed by atoms with van der Waals surface area (Å²) in [4.78, 5) is 19.4. The summed E-state index contributed by atoms with van der Waals surface area (Å²) >= 11 is 8.71. The number of thioether (sulfide) groups is 1. The SMILES string of the molecule is CN(Cc1ccc(Cl)s1)C(=O)CSc1n[nH]c(-c2ccccc2)n1. The van der Waals surface area contributed by atoms with Crippen LogP contribution in [0.5, 0.6) is 0 Å². The number of benzene rings is 1. The van der Waals surface area contributed by atoms with Gasteiger partial charge in [-0.1, -0.05) is 53.7 Å². The molecule has 0 aliphatic rings. The summed E-state index contributed by atoms with van der Waals surface area (Å²) in [5.41, 5.74) is 0.967. The molecule has 0 aliphatic carbocycles. The lowest BCUT2D eigenvalue weighted by Gasteiger charge is -2.15. The van der Waals surface area contributed by atoms with E-state index in [-0.39, 0.29) is 5.91 Å². The molecule has 0 atom stereocenters. The Labute approximate surface area is 153 Å². The largest absolute Gasteiger partial charge is 0.340 e. The molecule has 1 aromatic carbocycles. The lowest BCUT2D eigenvalue weighted by Crippen LogP contribution is -2.27. The van der Waals surface area contributed by atoms with Gasteiger partial charge < -0.3 is 4.90 Å². The van der Waals surface area contributed by atoms with Crippen molar-refractivity contribution in [3.63, 3.8) is 0 Å². The fourth-order valence-corrected chi connectivity index (χ4v) is 3.91. The molecular formula is C16H15ClN4OS2. The van der Waals surface area contributed by atoms with Gasteiger partial charge in [-0.2, -0.15) is 0 Å². The molecule has 1 amide bonds. The first-order chi connectivity index (χ1) is 11.6. The van der Waals surface area contributed by atoms with Crippen molar-refractivity contribution < 1.29 is 4.79 Å². The van der Waals surface area contributed by atoms with Gasteiger partial charge in [-0.05, 0) is 12.1 Å². The van der Waals surface area contributed by atoms with Crippen LogP contribution in [-0.2, 0) is 11.3 Å². The second kappa shape index (κ2) is 7.83. The van der Waals surface area contributed by atoms with Gasteiger partial charge in [-0.15, -0.1) is 16.4 Å². The van der Waals surface area contributed by atoms with Gasteiger partial charge in [0.1, 0.15) is 0 Å². The van der Waals surface area contributed by atoms with E-state index >= 15 is 0 Å². The molecule has 1 N–H and O–H groups in total. The number of halogens is 1. The molecule has 5 nitrogen and oxygen atoms in total. The normalized spacial score (nSPS) is 10.8. The minimum Gasteiger partial charge on any atom is -0.340 e. The van der Waals surface area contributed by atoms with E-state index in [0.29, 0.717) is 23.3 Å². The summed E-state index contributed by atoms with van der Waals surface area (Å²) in [6, 6.07) is 13.5. The first kappa shape index (κ1) is 17.0. The second-order valence-corrected chi connectivity index (χ2v) is 7.82. The number of hydrogen-bond acceptors (Lipinski definition) is 5. The van der Waals surface area contributed by atoms with Gasteiger partial charge in [-0.3, -0.25) is 9.89 Å². The molecule has 2 aromatic heterocycles. The number of aromatic amines is 1. The molecule has 0 bridgehead atoms. The molecule has 0 saturated carbocycles. The predicted octanol–water partition coefficient (Wildman–Crippen LogP) is 3.94. The second-order valence-electron chi connectivity index (χ2n) is 5.08. The van der Waals surface area contributed by atoms with E-state index in [1.165, 1.54) is 23.1 Å². The third-order valence-electron chi connectivity index (χ3n) is 3.28. The molecule has 3 aromatic rings. The quantitative estimate of drug-likeness (QED) is 0.660. The highest BCUT2D eigenvalue weighted by Gasteiger charge is 2.13. The van der Waals surface area contributed by atoms with Crippen LogP contribution in [0.25, 0.3) is 11.4 Å². The number of aromatic nitrogens is 3. The van der Waals surface area contributed by atoms with Crippen molar-refractivity contribution >= 4 is 40.6 Å². The van der Waals surface area contributed by atoms with Gasteiger partial charge in [0.05, 0.1) is 16.6 Å². The average molecular weight is 379 g/mol. The number of thiophene rings is 1. The molecule has 8 heteroatoms. The number of nitrogens with zero attached hydrogens (tertiary/aromatic N) is 3. The standard InChI is InChI=1S/C16H15ClN4OS2/c1-21(9-12-7-8-13(17)24-12)14(22)10-23-16-18-15(19-20-16)11-5-3-2-4-6-11/h2-8H,9-10H2,1H3,(H,18,19,20). The summed E-state index contributed by atoms with van der Waals surface area (Å²) < 4.78 is 0.731. The molecule has 3 rings (SSSR count). The highest BCUT2D eigenvalue weighted by molar-refractivity contribution is 7.99. The van der Waals surface area contributed by atoms with Crippen LogP contribution in [0, 0.1) is 0 Å². The van der Waals surface area contributed by atoms with Gasteiger partial charge in [-0.25, -0.2) is 4.98 Å². The topological polar surface area (TPSA) is 61.9 Å². The Morgan fingerprint density at radius 1 is 1.29 bits per heavy atom. The van der Waals surface area contributed by atoms with Crippen molar-refractivity contribution in [3.8, 4) is 11.4 Å². The van der Waals surface area contributed by atoms with Gasteiger partial charge in [0.2, 0.25) is 11.1 Å². The molecule has 0 fully saturated rings. The fraction of sp³-hybridized carbons (Fsp3) is 0.188. The third-order valence-corrected chi connectivity index (χ3v) is 5.33. The Morgan fingerprint density at radius 2 is 2.08 bits per heavy atom. The van der Waals surface area contributed by atoms with Crippen molar-refractivity contribution in [1.29, 1.82) is 0 Å². The lowest BCUT2D eigenvalue weighted by molar-refractivity contribution is -0.127. The number of hydrogen-bond donors (Lipinski definition) is 1. The van der Waals surface area contributed by atoms with Crippen LogP contribution in [0.4, 0.5) is 0 Å². The summed E-state index contributed by atoms with van der Waals surface area (Å²) in [5.74, 6) is 1.02. The van der Waals surface area contributed by atoms with E-state index in [4.69, 9.17) is 11.6 Å². The Morgan fingerprint density at radius 3 is 2.79 bits per heavy atom. The highest BCUT2D eigenvalue weighted by Crippen LogP contribution is 2.23. The highest BCUT2D eigenvalue weighted by atomic mass is 35.5. The van der Waals surface area contributed by atoms with E-state index in [0.717, 1.165) is 14.8 Å². The Balaban J connectivity index is 1.53. The number of rotatable bonds is 6. The molecule has 0 saturated heterocycles. The van der Waals surface area contributed by atoms with Crippen molar-refractivity contribution in [2.45, 2.75) is 11.7 Å². The monoisotopic (exact) mass is 378 g/mol. The van der Waals surface area contributed by atoms with Gasteiger partial charge in [0.25, 0.3) is 0 Å². The molecule has 124 valence electrons. The summed E-state index contributed by atoms with van der Waals surface area (Å²) in [5, 5.41) is 7.61. The molecule has 0 unspecified atom stereocenters. The van der Waals surface area contributed by atoms with Crippen LogP contribution in [0.1, 0.15) is 4.88 Å². The van der Waals surface area contributed by atoms with E-state index in [9.17, 15) is 4.79 Å². The van der Waals surface area contributed by atoms with Crippen LogP contribution in [-0.4, -0.2) is 38.8 Å². The predicted molar refractivity (Wildman–Crippen MR) is 98.3 cm³/mol. The van der Waals surface area contributed by atoms with Crippen LogP contribution >= 0.6 is 34.7 Å². The van der Waals surface area contributed by atoms with E-state index in [2.05, 4.69) is 15.2 Å². The van der Waals surface area contributed by atoms with Crippen molar-refractivity contribution in [2.75, 3.05) is 12.8 Å². The minimum atomic E-state index is 0.0237. The summed E-state index contributed by atoms with van der Waals surface area (Å²) in [6.45, 7) is 0.556. The Bertz CT molecular complexity index is 818. The maximum Gasteiger partial charge on any atom is 0.233 e. The molecule has 2 heterocycles. The van der Waals surface area contributed by atoms with Gasteiger partial charge >= 0.3 is 0 Å². The Kier molecular flexibility index (Phi) is 5.55.